The maximum absolute atomic E-state index is 12.8. The van der Waals surface area contributed by atoms with Gasteiger partial charge >= 0.3 is 0 Å². The number of hydrogen-bond acceptors (Lipinski definition) is 3. The van der Waals surface area contributed by atoms with Crippen LogP contribution in [0, 0.1) is 5.92 Å². The Kier molecular flexibility index (Phi) is 6.63. The first kappa shape index (κ1) is 18.7. The lowest BCUT2D eigenvalue weighted by Gasteiger charge is -2.39. The number of rotatable bonds is 3. The van der Waals surface area contributed by atoms with E-state index in [4.69, 9.17) is 0 Å². The molecule has 2 aliphatic rings. The van der Waals surface area contributed by atoms with Crippen LogP contribution in [0.25, 0.3) is 0 Å². The van der Waals surface area contributed by atoms with Gasteiger partial charge < -0.3 is 15.5 Å². The standard InChI is InChI=1S/C18H25N3O2.ClH/c1-21-16(22)8-7-15(17(21)13-5-3-2-4-6-13)18(23)20-14-9-11-19-12-10-14;/h2-6,14-15,17,19H,7-12H2,1H3,(H,20,23);1H. The molecule has 5 nitrogen and oxygen atoms in total. The van der Waals surface area contributed by atoms with Gasteiger partial charge in [0.2, 0.25) is 11.8 Å². The van der Waals surface area contributed by atoms with Crippen molar-refractivity contribution in [3.05, 3.63) is 35.9 Å². The summed E-state index contributed by atoms with van der Waals surface area (Å²) in [7, 11) is 1.81. The summed E-state index contributed by atoms with van der Waals surface area (Å²) in [5, 5.41) is 6.52. The zero-order valence-electron chi connectivity index (χ0n) is 14.0. The molecule has 1 aromatic carbocycles. The number of nitrogens with zero attached hydrogens (tertiary/aromatic N) is 1. The molecular formula is C18H26ClN3O2. The van der Waals surface area contributed by atoms with Crippen LogP contribution in [0.4, 0.5) is 0 Å². The second-order valence-electron chi connectivity index (χ2n) is 6.54. The van der Waals surface area contributed by atoms with Crippen LogP contribution >= 0.6 is 12.4 Å². The number of amides is 2. The summed E-state index contributed by atoms with van der Waals surface area (Å²) in [6.07, 6.45) is 3.02. The smallest absolute Gasteiger partial charge is 0.225 e. The first-order valence-electron chi connectivity index (χ1n) is 8.48. The lowest BCUT2D eigenvalue weighted by Crippen LogP contribution is -2.50. The first-order chi connectivity index (χ1) is 11.2. The molecule has 0 saturated carbocycles. The van der Waals surface area contributed by atoms with E-state index in [0.29, 0.717) is 12.8 Å². The van der Waals surface area contributed by atoms with Crippen molar-refractivity contribution in [3.8, 4) is 0 Å². The highest BCUT2D eigenvalue weighted by molar-refractivity contribution is 5.85. The zero-order chi connectivity index (χ0) is 16.2. The van der Waals surface area contributed by atoms with Crippen LogP contribution in [-0.2, 0) is 9.59 Å². The normalized spacial score (nSPS) is 25.0. The second kappa shape index (κ2) is 8.49. The summed E-state index contributed by atoms with van der Waals surface area (Å²) in [4.78, 5) is 26.7. The number of nitrogens with one attached hydrogen (secondary N) is 2. The van der Waals surface area contributed by atoms with Gasteiger partial charge in [0, 0.05) is 19.5 Å². The number of likely N-dealkylation sites (tertiary alicyclic amines) is 1. The second-order valence-corrected chi connectivity index (χ2v) is 6.54. The lowest BCUT2D eigenvalue weighted by molar-refractivity contribution is -0.142. The fourth-order valence-electron chi connectivity index (χ4n) is 3.69. The minimum Gasteiger partial charge on any atom is -0.353 e. The fraction of sp³-hybridized carbons (Fsp3) is 0.556. The quantitative estimate of drug-likeness (QED) is 0.874. The molecule has 2 saturated heterocycles. The van der Waals surface area contributed by atoms with Crippen molar-refractivity contribution in [1.82, 2.24) is 15.5 Å². The van der Waals surface area contributed by atoms with Crippen LogP contribution in [0.1, 0.15) is 37.3 Å². The predicted octanol–water partition coefficient (Wildman–Crippen LogP) is 1.89. The van der Waals surface area contributed by atoms with Gasteiger partial charge in [-0.25, -0.2) is 0 Å². The Morgan fingerprint density at radius 2 is 1.83 bits per heavy atom. The Labute approximate surface area is 149 Å². The SMILES string of the molecule is CN1C(=O)CCC(C(=O)NC2CCNCC2)C1c1ccccc1.Cl. The van der Waals surface area contributed by atoms with Crippen molar-refractivity contribution in [2.45, 2.75) is 37.8 Å². The Morgan fingerprint density at radius 1 is 1.17 bits per heavy atom. The summed E-state index contributed by atoms with van der Waals surface area (Å²) in [5.41, 5.74) is 1.04. The fourth-order valence-corrected chi connectivity index (χ4v) is 3.69. The van der Waals surface area contributed by atoms with Gasteiger partial charge in [-0.2, -0.15) is 0 Å². The van der Waals surface area contributed by atoms with Crippen molar-refractivity contribution in [2.75, 3.05) is 20.1 Å². The molecule has 132 valence electrons. The van der Waals surface area contributed by atoms with Gasteiger partial charge in [0.1, 0.15) is 0 Å². The van der Waals surface area contributed by atoms with Gasteiger partial charge in [0.25, 0.3) is 0 Å². The minimum atomic E-state index is -0.171. The molecule has 0 radical (unpaired) electrons. The first-order valence-corrected chi connectivity index (χ1v) is 8.48. The third-order valence-corrected chi connectivity index (χ3v) is 5.02. The predicted molar refractivity (Wildman–Crippen MR) is 96.0 cm³/mol. The van der Waals surface area contributed by atoms with E-state index >= 15 is 0 Å². The molecule has 2 N–H and O–H groups in total. The summed E-state index contributed by atoms with van der Waals surface area (Å²) in [6.45, 7) is 1.91. The Hall–Kier alpha value is -1.59. The van der Waals surface area contributed by atoms with Crippen LogP contribution in [0.15, 0.2) is 30.3 Å². The van der Waals surface area contributed by atoms with Gasteiger partial charge in [-0.1, -0.05) is 30.3 Å². The maximum atomic E-state index is 12.8. The molecule has 2 amide bonds. The molecule has 24 heavy (non-hydrogen) atoms. The van der Waals surface area contributed by atoms with Crippen molar-refractivity contribution in [1.29, 1.82) is 0 Å². The molecule has 2 fully saturated rings. The molecule has 0 spiro atoms. The molecule has 2 atom stereocenters. The van der Waals surface area contributed by atoms with Crippen molar-refractivity contribution < 1.29 is 9.59 Å². The van der Waals surface area contributed by atoms with Gasteiger partial charge in [0.15, 0.2) is 0 Å². The highest BCUT2D eigenvalue weighted by atomic mass is 35.5. The summed E-state index contributed by atoms with van der Waals surface area (Å²) >= 11 is 0. The highest BCUT2D eigenvalue weighted by Gasteiger charge is 2.39. The molecule has 3 rings (SSSR count). The number of halogens is 1. The van der Waals surface area contributed by atoms with E-state index in [9.17, 15) is 9.59 Å². The van der Waals surface area contributed by atoms with Gasteiger partial charge in [-0.05, 0) is 37.9 Å². The van der Waals surface area contributed by atoms with E-state index in [1.54, 1.807) is 4.90 Å². The van der Waals surface area contributed by atoms with E-state index in [-0.39, 0.29) is 42.2 Å². The number of hydrogen-bond donors (Lipinski definition) is 2. The zero-order valence-corrected chi connectivity index (χ0v) is 14.8. The Morgan fingerprint density at radius 3 is 2.50 bits per heavy atom. The van der Waals surface area contributed by atoms with Crippen molar-refractivity contribution in [2.24, 2.45) is 5.92 Å². The number of carbonyl (C=O) groups is 2. The molecule has 0 aliphatic carbocycles. The van der Waals surface area contributed by atoms with E-state index in [0.717, 1.165) is 31.5 Å². The molecular weight excluding hydrogens is 326 g/mol. The van der Waals surface area contributed by atoms with Gasteiger partial charge in [-0.3, -0.25) is 9.59 Å². The van der Waals surface area contributed by atoms with Crippen LogP contribution in [0.5, 0.6) is 0 Å². The average molecular weight is 352 g/mol. The third kappa shape index (κ3) is 4.08. The Balaban J connectivity index is 0.00000208. The molecule has 6 heteroatoms. The maximum Gasteiger partial charge on any atom is 0.225 e. The van der Waals surface area contributed by atoms with E-state index in [2.05, 4.69) is 10.6 Å². The number of piperidine rings is 2. The molecule has 1 aromatic rings. The average Bonchev–Trinajstić information content (AvgIpc) is 2.58. The van der Waals surface area contributed by atoms with E-state index in [1.165, 1.54) is 0 Å². The molecule has 0 aromatic heterocycles. The Bertz CT molecular complexity index is 561. The minimum absolute atomic E-state index is 0. The van der Waals surface area contributed by atoms with Crippen LogP contribution in [0.2, 0.25) is 0 Å². The third-order valence-electron chi connectivity index (χ3n) is 5.02. The van der Waals surface area contributed by atoms with E-state index in [1.807, 2.05) is 37.4 Å². The van der Waals surface area contributed by atoms with Crippen LogP contribution in [0.3, 0.4) is 0 Å². The number of benzene rings is 1. The largest absolute Gasteiger partial charge is 0.353 e. The molecule has 2 aliphatic heterocycles. The van der Waals surface area contributed by atoms with Crippen LogP contribution < -0.4 is 10.6 Å². The lowest BCUT2D eigenvalue weighted by atomic mass is 9.83. The summed E-state index contributed by atoms with van der Waals surface area (Å²) in [6, 6.07) is 9.98. The molecule has 0 bridgehead atoms. The summed E-state index contributed by atoms with van der Waals surface area (Å²) < 4.78 is 0. The summed E-state index contributed by atoms with van der Waals surface area (Å²) in [5.74, 6) is 0.0323. The highest BCUT2D eigenvalue weighted by Crippen LogP contribution is 2.35. The monoisotopic (exact) mass is 351 g/mol. The molecule has 2 heterocycles. The molecule has 2 unspecified atom stereocenters. The topological polar surface area (TPSA) is 61.4 Å². The van der Waals surface area contributed by atoms with Crippen molar-refractivity contribution >= 4 is 24.2 Å². The number of carbonyl (C=O) groups excluding carboxylic acids is 2. The van der Waals surface area contributed by atoms with E-state index < -0.39 is 0 Å². The van der Waals surface area contributed by atoms with Gasteiger partial charge in [-0.15, -0.1) is 12.4 Å². The van der Waals surface area contributed by atoms with Crippen LogP contribution in [-0.4, -0.2) is 42.9 Å². The van der Waals surface area contributed by atoms with Gasteiger partial charge in [0.05, 0.1) is 12.0 Å². The van der Waals surface area contributed by atoms with Crippen molar-refractivity contribution in [3.63, 3.8) is 0 Å².